The predicted molar refractivity (Wildman–Crippen MR) is 174 cm³/mol. The number of hydrogen-bond acceptors (Lipinski definition) is 4. The molecule has 3 saturated carbocycles. The van der Waals surface area contributed by atoms with Gasteiger partial charge in [0.05, 0.1) is 6.42 Å². The van der Waals surface area contributed by atoms with E-state index in [-0.39, 0.29) is 36.2 Å². The molecule has 1 N–H and O–H groups in total. The van der Waals surface area contributed by atoms with Crippen molar-refractivity contribution in [2.24, 2.45) is 52.3 Å². The van der Waals surface area contributed by atoms with Crippen molar-refractivity contribution in [3.05, 3.63) is 36.0 Å². The minimum absolute atomic E-state index is 0.0643. The van der Waals surface area contributed by atoms with Crippen molar-refractivity contribution in [3.63, 3.8) is 0 Å². The lowest BCUT2D eigenvalue weighted by molar-refractivity contribution is -0.152. The van der Waals surface area contributed by atoms with Gasteiger partial charge in [-0.3, -0.25) is 9.59 Å². The monoisotopic (exact) mass is 590 g/mol. The van der Waals surface area contributed by atoms with Crippen LogP contribution in [-0.4, -0.2) is 23.0 Å². The summed E-state index contributed by atoms with van der Waals surface area (Å²) in [6, 6.07) is 5.37. The number of rotatable bonds is 11. The van der Waals surface area contributed by atoms with Gasteiger partial charge in [-0.15, -0.1) is 0 Å². The number of fused-ring (bicyclic) bond motifs is 5. The van der Waals surface area contributed by atoms with Gasteiger partial charge in [-0.1, -0.05) is 72.1 Å². The molecular formula is C38H58N2O3. The summed E-state index contributed by atoms with van der Waals surface area (Å²) in [6.45, 7) is 15.0. The minimum atomic E-state index is -0.266. The molecule has 9 atom stereocenters. The van der Waals surface area contributed by atoms with E-state index in [0.717, 1.165) is 60.7 Å². The summed E-state index contributed by atoms with van der Waals surface area (Å²) in [5, 5.41) is 2.75. The van der Waals surface area contributed by atoms with Crippen LogP contribution in [0.1, 0.15) is 125 Å². The Kier molecular flexibility index (Phi) is 10.1. The number of hydrogen-bond donors (Lipinski definition) is 1. The van der Waals surface area contributed by atoms with Crippen molar-refractivity contribution in [1.82, 2.24) is 4.98 Å². The molecule has 5 heteroatoms. The Labute approximate surface area is 261 Å². The topological polar surface area (TPSA) is 68.3 Å². The summed E-state index contributed by atoms with van der Waals surface area (Å²) < 4.78 is 5.93. The van der Waals surface area contributed by atoms with Crippen LogP contribution in [0.15, 0.2) is 36.0 Å². The van der Waals surface area contributed by atoms with Crippen LogP contribution in [0.3, 0.4) is 0 Å². The van der Waals surface area contributed by atoms with Gasteiger partial charge in [0.2, 0.25) is 5.91 Å². The second-order valence-corrected chi connectivity index (χ2v) is 15.6. The van der Waals surface area contributed by atoms with E-state index in [1.807, 2.05) is 6.07 Å². The number of esters is 1. The zero-order valence-electron chi connectivity index (χ0n) is 27.9. The van der Waals surface area contributed by atoms with Gasteiger partial charge in [0.25, 0.3) is 0 Å². The first-order valence-corrected chi connectivity index (χ1v) is 17.6. The average molecular weight is 591 g/mol. The molecule has 1 heterocycles. The largest absolute Gasteiger partial charge is 0.462 e. The second kappa shape index (κ2) is 13.4. The zero-order chi connectivity index (χ0) is 30.8. The van der Waals surface area contributed by atoms with Gasteiger partial charge in [-0.25, -0.2) is 4.98 Å². The first kappa shape index (κ1) is 32.2. The van der Waals surface area contributed by atoms with E-state index in [1.54, 1.807) is 18.3 Å². The van der Waals surface area contributed by atoms with E-state index in [1.165, 1.54) is 56.9 Å². The van der Waals surface area contributed by atoms with E-state index in [4.69, 9.17) is 4.74 Å². The number of nitrogens with one attached hydrogen (secondary N) is 1. The molecule has 1 amide bonds. The molecule has 0 unspecified atom stereocenters. The van der Waals surface area contributed by atoms with Gasteiger partial charge in [0.1, 0.15) is 11.9 Å². The lowest BCUT2D eigenvalue weighted by Gasteiger charge is -2.58. The normalized spacial score (nSPS) is 34.8. The summed E-state index contributed by atoms with van der Waals surface area (Å²) in [5.74, 6) is 5.83. The van der Waals surface area contributed by atoms with Crippen LogP contribution in [0.2, 0.25) is 0 Å². The molecule has 238 valence electrons. The van der Waals surface area contributed by atoms with E-state index < -0.39 is 0 Å². The van der Waals surface area contributed by atoms with Crippen molar-refractivity contribution < 1.29 is 14.3 Å². The minimum Gasteiger partial charge on any atom is -0.462 e. The smallest absolute Gasteiger partial charge is 0.306 e. The summed E-state index contributed by atoms with van der Waals surface area (Å²) in [4.78, 5) is 29.1. The summed E-state index contributed by atoms with van der Waals surface area (Å²) >= 11 is 0. The van der Waals surface area contributed by atoms with Crippen LogP contribution >= 0.6 is 0 Å². The molecule has 3 fully saturated rings. The lowest BCUT2D eigenvalue weighted by atomic mass is 9.47. The highest BCUT2D eigenvalue weighted by Crippen LogP contribution is 2.67. The predicted octanol–water partition coefficient (Wildman–Crippen LogP) is 9.39. The van der Waals surface area contributed by atoms with Gasteiger partial charge in [0.15, 0.2) is 0 Å². The zero-order valence-corrected chi connectivity index (χ0v) is 27.9. The third kappa shape index (κ3) is 6.76. The van der Waals surface area contributed by atoms with Crippen LogP contribution in [0, 0.1) is 52.3 Å². The Bertz CT molecular complexity index is 1150. The molecule has 4 aliphatic carbocycles. The van der Waals surface area contributed by atoms with Crippen LogP contribution in [-0.2, 0) is 14.3 Å². The Morgan fingerprint density at radius 2 is 1.84 bits per heavy atom. The molecule has 5 nitrogen and oxygen atoms in total. The van der Waals surface area contributed by atoms with Crippen LogP contribution in [0.4, 0.5) is 5.82 Å². The van der Waals surface area contributed by atoms with Gasteiger partial charge in [-0.2, -0.15) is 0 Å². The molecule has 0 aromatic carbocycles. The molecule has 1 aromatic heterocycles. The molecule has 43 heavy (non-hydrogen) atoms. The second-order valence-electron chi connectivity index (χ2n) is 15.6. The highest BCUT2D eigenvalue weighted by molar-refractivity contribution is 5.91. The lowest BCUT2D eigenvalue weighted by Crippen LogP contribution is -2.51. The fourth-order valence-electron chi connectivity index (χ4n) is 10.5. The van der Waals surface area contributed by atoms with Gasteiger partial charge >= 0.3 is 5.97 Å². The van der Waals surface area contributed by atoms with Crippen molar-refractivity contribution in [2.75, 3.05) is 5.32 Å². The number of nitrogens with zero attached hydrogens (tertiary/aromatic N) is 1. The van der Waals surface area contributed by atoms with E-state index >= 15 is 0 Å². The highest BCUT2D eigenvalue weighted by atomic mass is 16.5. The molecule has 0 bridgehead atoms. The number of carbonyl (C=O) groups excluding carboxylic acids is 2. The number of carbonyl (C=O) groups is 2. The molecule has 1 aromatic rings. The van der Waals surface area contributed by atoms with E-state index in [9.17, 15) is 9.59 Å². The Morgan fingerprint density at radius 3 is 2.56 bits per heavy atom. The van der Waals surface area contributed by atoms with Gasteiger partial charge in [-0.05, 0) is 116 Å². The summed E-state index contributed by atoms with van der Waals surface area (Å²) in [6.07, 6.45) is 18.2. The Hall–Kier alpha value is -2.17. The SMILES string of the molecule is CC[C@H](CC[C@@H](C)[C@H]1CC[C@H]2[C@@H]3CC=C4C[C@@H](OC(=O)CCC(=O)Nc5ccccn5)CC[C@]4(C)[C@H]3CC[C@]12C)C(C)C. The fraction of sp³-hybridized carbons (Fsp3) is 0.763. The average Bonchev–Trinajstić information content (AvgIpc) is 3.34. The first-order valence-electron chi connectivity index (χ1n) is 17.6. The maximum absolute atomic E-state index is 12.7. The van der Waals surface area contributed by atoms with E-state index in [0.29, 0.717) is 11.2 Å². The molecule has 0 radical (unpaired) electrons. The summed E-state index contributed by atoms with van der Waals surface area (Å²) in [7, 11) is 0. The fourth-order valence-corrected chi connectivity index (χ4v) is 10.5. The molecule has 4 aliphatic rings. The van der Waals surface area contributed by atoms with Gasteiger partial charge in [0, 0.05) is 19.0 Å². The molecule has 0 spiro atoms. The summed E-state index contributed by atoms with van der Waals surface area (Å²) in [5.41, 5.74) is 2.28. The van der Waals surface area contributed by atoms with E-state index in [2.05, 4.69) is 57.9 Å². The number of pyridine rings is 1. The molecule has 0 saturated heterocycles. The third-order valence-corrected chi connectivity index (χ3v) is 13.1. The molecular weight excluding hydrogens is 532 g/mol. The maximum atomic E-state index is 12.7. The van der Waals surface area contributed by atoms with Crippen molar-refractivity contribution in [2.45, 2.75) is 131 Å². The van der Waals surface area contributed by atoms with Crippen LogP contribution < -0.4 is 5.32 Å². The third-order valence-electron chi connectivity index (χ3n) is 13.1. The standard InChI is InChI=1S/C38H58N2O3/c1-7-27(25(2)3)12-11-26(4)31-15-16-32-30-14-13-28-24-29(19-21-37(28,5)33(30)20-22-38(31,32)6)43-36(42)18-17-35(41)40-34-10-8-9-23-39-34/h8-10,13,23,25-27,29-33H,7,11-12,14-22,24H2,1-6H3,(H,39,40,41)/t26-,27-,29+,30+,31-,32+,33+,37+,38-/m1/s1. The number of aromatic nitrogens is 1. The van der Waals surface area contributed by atoms with Crippen molar-refractivity contribution in [3.8, 4) is 0 Å². The van der Waals surface area contributed by atoms with Crippen LogP contribution in [0.25, 0.3) is 0 Å². The van der Waals surface area contributed by atoms with Gasteiger partial charge < -0.3 is 10.1 Å². The highest BCUT2D eigenvalue weighted by Gasteiger charge is 2.59. The maximum Gasteiger partial charge on any atom is 0.306 e. The van der Waals surface area contributed by atoms with Crippen molar-refractivity contribution in [1.29, 1.82) is 0 Å². The first-order chi connectivity index (χ1) is 20.5. The molecule has 5 rings (SSSR count). The number of ether oxygens (including phenoxy) is 1. The quantitative estimate of drug-likeness (QED) is 0.206. The van der Waals surface area contributed by atoms with Crippen LogP contribution in [0.5, 0.6) is 0 Å². The molecule has 0 aliphatic heterocycles. The van der Waals surface area contributed by atoms with Crippen molar-refractivity contribution >= 4 is 17.7 Å². The number of anilines is 1. The number of allylic oxidation sites excluding steroid dienone is 1. The Morgan fingerprint density at radius 1 is 1.02 bits per heavy atom. The Balaban J connectivity index is 1.15. The number of amides is 1.